The number of aliphatic hydroxyl groups excluding tert-OH is 1. The van der Waals surface area contributed by atoms with Gasteiger partial charge in [0.25, 0.3) is 0 Å². The van der Waals surface area contributed by atoms with Crippen molar-refractivity contribution in [3.8, 4) is 11.8 Å². The molecule has 0 saturated carbocycles. The molecular weight excluding hydrogens is 336 g/mol. The molecule has 25 heavy (non-hydrogen) atoms. The maximum atomic E-state index is 10.1. The molecule has 0 aliphatic carbocycles. The van der Waals surface area contributed by atoms with Crippen LogP contribution in [0.4, 0.5) is 0 Å². The summed E-state index contributed by atoms with van der Waals surface area (Å²) in [4.78, 5) is 8.75. The molecule has 0 aliphatic rings. The number of ether oxygens (including phenoxy) is 2. The number of aliphatic hydroxyl groups is 1. The van der Waals surface area contributed by atoms with E-state index in [2.05, 4.69) is 55.9 Å². The molecule has 0 bridgehead atoms. The van der Waals surface area contributed by atoms with E-state index in [1.807, 2.05) is 0 Å². The first-order chi connectivity index (χ1) is 11.8. The van der Waals surface area contributed by atoms with Crippen molar-refractivity contribution in [2.45, 2.75) is 43.5 Å². The van der Waals surface area contributed by atoms with Gasteiger partial charge in [-0.25, -0.2) is 0 Å². The van der Waals surface area contributed by atoms with Gasteiger partial charge in [0, 0.05) is 10.7 Å². The normalized spacial score (nSPS) is 12.8. The maximum Gasteiger partial charge on any atom is 0.220 e. The largest absolute Gasteiger partial charge is 0.481 e. The lowest BCUT2D eigenvalue weighted by Gasteiger charge is -2.34. The highest BCUT2D eigenvalue weighted by atomic mass is 32.2. The summed E-state index contributed by atoms with van der Waals surface area (Å²) in [7, 11) is 3.11. The monoisotopic (exact) mass is 362 g/mol. The average Bonchev–Trinajstić information content (AvgIpc) is 2.60. The summed E-state index contributed by atoms with van der Waals surface area (Å²) in [5, 5.41) is 10.5. The Morgan fingerprint density at radius 2 is 1.68 bits per heavy atom. The third kappa shape index (κ3) is 4.44. The van der Waals surface area contributed by atoms with Crippen LogP contribution in [0.5, 0.6) is 11.8 Å². The minimum atomic E-state index is -0.269. The van der Waals surface area contributed by atoms with E-state index in [1.165, 1.54) is 28.5 Å². The quantitative estimate of drug-likeness (QED) is 0.600. The fraction of sp³-hybridized carbons (Fsp3) is 0.474. The molecule has 136 valence electrons. The third-order valence-electron chi connectivity index (χ3n) is 4.38. The lowest BCUT2D eigenvalue weighted by atomic mass is 9.78. The molecule has 0 amide bonds. The predicted octanol–water partition coefficient (Wildman–Crippen LogP) is 3.54. The van der Waals surface area contributed by atoms with Crippen molar-refractivity contribution >= 4 is 11.8 Å². The van der Waals surface area contributed by atoms with Gasteiger partial charge in [-0.3, -0.25) is 0 Å². The number of methoxy groups -OCH3 is 2. The first-order valence-corrected chi connectivity index (χ1v) is 9.02. The SMILES string of the molecule is COc1cc(OC)nc(SC(CO)C(C)(C)c2cc(C)ccc2C)n1. The molecule has 1 aromatic heterocycles. The van der Waals surface area contributed by atoms with Gasteiger partial charge >= 0.3 is 0 Å². The third-order valence-corrected chi connectivity index (χ3v) is 5.80. The zero-order valence-electron chi connectivity index (χ0n) is 15.7. The van der Waals surface area contributed by atoms with Crippen LogP contribution in [0.3, 0.4) is 0 Å². The van der Waals surface area contributed by atoms with E-state index in [-0.39, 0.29) is 17.3 Å². The van der Waals surface area contributed by atoms with E-state index < -0.39 is 0 Å². The van der Waals surface area contributed by atoms with E-state index in [0.29, 0.717) is 16.9 Å². The second-order valence-corrected chi connectivity index (χ2v) is 7.73. The Kier molecular flexibility index (Phi) is 6.30. The summed E-state index contributed by atoms with van der Waals surface area (Å²) in [6.07, 6.45) is 0. The maximum absolute atomic E-state index is 10.1. The Balaban J connectivity index is 2.37. The minimum Gasteiger partial charge on any atom is -0.481 e. The lowest BCUT2D eigenvalue weighted by molar-refractivity contribution is 0.260. The lowest BCUT2D eigenvalue weighted by Crippen LogP contribution is -2.35. The number of aromatic nitrogens is 2. The van der Waals surface area contributed by atoms with Gasteiger partial charge in [0.15, 0.2) is 5.16 Å². The van der Waals surface area contributed by atoms with Gasteiger partial charge < -0.3 is 14.6 Å². The topological polar surface area (TPSA) is 64.5 Å². The Morgan fingerprint density at radius 3 is 2.20 bits per heavy atom. The molecule has 1 unspecified atom stereocenters. The van der Waals surface area contributed by atoms with Crippen molar-refractivity contribution < 1.29 is 14.6 Å². The molecule has 0 radical (unpaired) electrons. The Morgan fingerprint density at radius 1 is 1.08 bits per heavy atom. The van der Waals surface area contributed by atoms with Gasteiger partial charge in [-0.15, -0.1) is 0 Å². The first-order valence-electron chi connectivity index (χ1n) is 8.14. The van der Waals surface area contributed by atoms with E-state index >= 15 is 0 Å². The summed E-state index contributed by atoms with van der Waals surface area (Å²) in [5.41, 5.74) is 3.36. The van der Waals surface area contributed by atoms with Crippen LogP contribution in [-0.2, 0) is 5.41 Å². The van der Waals surface area contributed by atoms with Gasteiger partial charge in [0.2, 0.25) is 11.8 Å². The number of hydrogen-bond donors (Lipinski definition) is 1. The first kappa shape index (κ1) is 19.5. The van der Waals surface area contributed by atoms with Gasteiger partial charge in [-0.05, 0) is 25.0 Å². The molecule has 2 rings (SSSR count). The average molecular weight is 362 g/mol. The van der Waals surface area contributed by atoms with Crippen molar-refractivity contribution in [3.05, 3.63) is 41.0 Å². The summed E-state index contributed by atoms with van der Waals surface area (Å²) < 4.78 is 10.4. The summed E-state index contributed by atoms with van der Waals surface area (Å²) in [6.45, 7) is 8.46. The molecule has 0 fully saturated rings. The molecule has 2 aromatic rings. The van der Waals surface area contributed by atoms with Crippen LogP contribution >= 0.6 is 11.8 Å². The molecule has 0 saturated heterocycles. The van der Waals surface area contributed by atoms with E-state index in [1.54, 1.807) is 20.3 Å². The Bertz CT molecular complexity index is 712. The van der Waals surface area contributed by atoms with Crippen molar-refractivity contribution in [1.82, 2.24) is 9.97 Å². The highest BCUT2D eigenvalue weighted by molar-refractivity contribution is 7.99. The van der Waals surface area contributed by atoms with Crippen LogP contribution in [0.15, 0.2) is 29.4 Å². The second-order valence-electron chi connectivity index (χ2n) is 6.56. The molecule has 1 heterocycles. The number of benzene rings is 1. The molecule has 1 aromatic carbocycles. The highest BCUT2D eigenvalue weighted by Crippen LogP contribution is 2.39. The highest BCUT2D eigenvalue weighted by Gasteiger charge is 2.34. The van der Waals surface area contributed by atoms with Crippen LogP contribution in [-0.4, -0.2) is 41.2 Å². The van der Waals surface area contributed by atoms with Gasteiger partial charge in [-0.2, -0.15) is 9.97 Å². The number of nitrogens with zero attached hydrogens (tertiary/aromatic N) is 2. The predicted molar refractivity (Wildman–Crippen MR) is 101 cm³/mol. The smallest absolute Gasteiger partial charge is 0.220 e. The fourth-order valence-electron chi connectivity index (χ4n) is 2.79. The number of rotatable bonds is 7. The summed E-state index contributed by atoms with van der Waals surface area (Å²) in [5.74, 6) is 0.881. The van der Waals surface area contributed by atoms with Gasteiger partial charge in [0.05, 0.1) is 26.9 Å². The van der Waals surface area contributed by atoms with Crippen molar-refractivity contribution in [1.29, 1.82) is 0 Å². The molecular formula is C19H26N2O3S. The number of hydrogen-bond acceptors (Lipinski definition) is 6. The van der Waals surface area contributed by atoms with Gasteiger partial charge in [-0.1, -0.05) is 49.4 Å². The Hall–Kier alpha value is -1.79. The van der Waals surface area contributed by atoms with Crippen LogP contribution in [0, 0.1) is 13.8 Å². The van der Waals surface area contributed by atoms with E-state index in [4.69, 9.17) is 9.47 Å². The number of aryl methyl sites for hydroxylation is 2. The molecule has 1 N–H and O–H groups in total. The van der Waals surface area contributed by atoms with Crippen molar-refractivity contribution in [2.24, 2.45) is 0 Å². The molecule has 5 nitrogen and oxygen atoms in total. The zero-order chi connectivity index (χ0) is 18.6. The standard InChI is InChI=1S/C19H26N2O3S/c1-12-7-8-13(2)14(9-12)19(3,4)15(11-22)25-18-20-16(23-5)10-17(21-18)24-6/h7-10,15,22H,11H2,1-6H3. The van der Waals surface area contributed by atoms with Crippen LogP contribution in [0.25, 0.3) is 0 Å². The second kappa shape index (κ2) is 8.06. The van der Waals surface area contributed by atoms with E-state index in [0.717, 1.165) is 0 Å². The van der Waals surface area contributed by atoms with Crippen molar-refractivity contribution in [3.63, 3.8) is 0 Å². The van der Waals surface area contributed by atoms with Crippen LogP contribution in [0.2, 0.25) is 0 Å². The molecule has 0 aliphatic heterocycles. The van der Waals surface area contributed by atoms with Crippen LogP contribution < -0.4 is 9.47 Å². The molecule has 6 heteroatoms. The van der Waals surface area contributed by atoms with Crippen LogP contribution in [0.1, 0.15) is 30.5 Å². The summed E-state index contributed by atoms with van der Waals surface area (Å²) >= 11 is 1.43. The molecule has 0 spiro atoms. The van der Waals surface area contributed by atoms with E-state index in [9.17, 15) is 5.11 Å². The zero-order valence-corrected chi connectivity index (χ0v) is 16.5. The Labute approximate surface area is 153 Å². The molecule has 1 atom stereocenters. The van der Waals surface area contributed by atoms with Gasteiger partial charge in [0.1, 0.15) is 0 Å². The minimum absolute atomic E-state index is 0.00787. The number of thioether (sulfide) groups is 1. The fourth-order valence-corrected chi connectivity index (χ4v) is 3.83. The summed E-state index contributed by atoms with van der Waals surface area (Å²) in [6, 6.07) is 8.04. The van der Waals surface area contributed by atoms with Crippen molar-refractivity contribution in [2.75, 3.05) is 20.8 Å².